The first-order valence-electron chi connectivity index (χ1n) is 39.3. The predicted molar refractivity (Wildman–Crippen MR) is 386 cm³/mol. The van der Waals surface area contributed by atoms with E-state index in [1.165, 1.54) is 186 Å². The molecule has 17 nitrogen and oxygen atoms in total. The highest BCUT2D eigenvalue weighted by molar-refractivity contribution is 7.47. The molecule has 0 aromatic rings. The largest absolute Gasteiger partial charge is 0.472 e. The minimum absolute atomic E-state index is 0.105. The van der Waals surface area contributed by atoms with Gasteiger partial charge >= 0.3 is 39.5 Å². The first-order valence-corrected chi connectivity index (χ1v) is 42.3. The fraction of sp³-hybridized carbons (Fsp3) is 0.947. The van der Waals surface area contributed by atoms with Crippen molar-refractivity contribution in [2.75, 3.05) is 39.6 Å². The Hall–Kier alpha value is -1.94. The summed E-state index contributed by atoms with van der Waals surface area (Å²) in [7, 11) is -9.91. The van der Waals surface area contributed by atoms with Crippen LogP contribution in [0.1, 0.15) is 383 Å². The fourth-order valence-electron chi connectivity index (χ4n) is 11.5. The zero-order chi connectivity index (χ0) is 70.3. The molecule has 7 atom stereocenters. The number of carbonyl (C=O) groups excluding carboxylic acids is 4. The number of hydrogen-bond acceptors (Lipinski definition) is 15. The Kier molecular flexibility index (Phi) is 64.0. The first kappa shape index (κ1) is 93.1. The van der Waals surface area contributed by atoms with Crippen molar-refractivity contribution in [1.82, 2.24) is 0 Å². The van der Waals surface area contributed by atoms with Crippen LogP contribution < -0.4 is 0 Å². The van der Waals surface area contributed by atoms with Crippen molar-refractivity contribution < 1.29 is 80.2 Å². The lowest BCUT2D eigenvalue weighted by molar-refractivity contribution is -0.161. The summed E-state index contributed by atoms with van der Waals surface area (Å²) in [5, 5.41) is 10.6. The first-order chi connectivity index (χ1) is 45.7. The molecule has 0 aliphatic heterocycles. The Bertz CT molecular complexity index is 1870. The van der Waals surface area contributed by atoms with Crippen LogP contribution in [0.2, 0.25) is 0 Å². The van der Waals surface area contributed by atoms with E-state index in [-0.39, 0.29) is 25.7 Å². The molecule has 0 rings (SSSR count). The summed E-state index contributed by atoms with van der Waals surface area (Å²) in [6, 6.07) is 0. The van der Waals surface area contributed by atoms with E-state index in [9.17, 15) is 43.2 Å². The number of aliphatic hydroxyl groups excluding tert-OH is 1. The summed E-state index contributed by atoms with van der Waals surface area (Å²) < 4.78 is 68.5. The topological polar surface area (TPSA) is 237 Å². The molecule has 0 saturated heterocycles. The summed E-state index contributed by atoms with van der Waals surface area (Å²) >= 11 is 0. The molecule has 0 bridgehead atoms. The Morgan fingerprint density at radius 1 is 0.295 bits per heavy atom. The molecule has 0 heterocycles. The zero-order valence-corrected chi connectivity index (χ0v) is 64.1. The van der Waals surface area contributed by atoms with E-state index in [2.05, 4.69) is 55.4 Å². The second kappa shape index (κ2) is 65.4. The van der Waals surface area contributed by atoms with Gasteiger partial charge in [0.25, 0.3) is 0 Å². The van der Waals surface area contributed by atoms with E-state index in [1.807, 2.05) is 0 Å². The number of phosphoric acid groups is 2. The lowest BCUT2D eigenvalue weighted by Crippen LogP contribution is -2.30. The lowest BCUT2D eigenvalue weighted by atomic mass is 9.99. The quantitative estimate of drug-likeness (QED) is 0.0222. The maximum atomic E-state index is 13.1. The SMILES string of the molecule is CCC(C)CCCCCCCCCCCCCCCCC(=O)O[C@H](COC(=O)CCCCCCCCCCC(C)CC)COP(=O)(O)OCC(O)COP(=O)(O)OC[C@@H](COC(=O)CCCCCCCCCCC(C)C)OC(=O)CCCCCCCCCCCCCC(C)C. The van der Waals surface area contributed by atoms with Gasteiger partial charge in [-0.1, -0.05) is 331 Å². The number of unbranched alkanes of at least 4 members (excludes halogenated alkanes) is 37. The number of ether oxygens (including phenoxy) is 4. The Morgan fingerprint density at radius 2 is 0.505 bits per heavy atom. The summed E-state index contributed by atoms with van der Waals surface area (Å²) in [5.74, 6) is 0.994. The summed E-state index contributed by atoms with van der Waals surface area (Å²) in [4.78, 5) is 72.8. The van der Waals surface area contributed by atoms with Gasteiger partial charge < -0.3 is 33.8 Å². The van der Waals surface area contributed by atoms with Gasteiger partial charge in [0, 0.05) is 25.7 Å². The van der Waals surface area contributed by atoms with Gasteiger partial charge in [0.1, 0.15) is 19.3 Å². The molecule has 3 N–H and O–H groups in total. The highest BCUT2D eigenvalue weighted by Gasteiger charge is 2.30. The van der Waals surface area contributed by atoms with E-state index in [1.54, 1.807) is 0 Å². The third-order valence-electron chi connectivity index (χ3n) is 18.3. The molecule has 0 aliphatic rings. The molecule has 95 heavy (non-hydrogen) atoms. The van der Waals surface area contributed by atoms with Crippen molar-refractivity contribution in [3.63, 3.8) is 0 Å². The van der Waals surface area contributed by atoms with Crippen molar-refractivity contribution in [1.29, 1.82) is 0 Å². The number of aliphatic hydroxyl groups is 1. The van der Waals surface area contributed by atoms with Crippen LogP contribution in [-0.2, 0) is 65.4 Å². The molecule has 0 aromatic carbocycles. The summed E-state index contributed by atoms with van der Waals surface area (Å²) in [6.07, 6.45) is 49.8. The summed E-state index contributed by atoms with van der Waals surface area (Å²) in [5.41, 5.74) is 0. The summed E-state index contributed by atoms with van der Waals surface area (Å²) in [6.45, 7) is 14.2. The fourth-order valence-corrected chi connectivity index (χ4v) is 13.1. The molecule has 0 spiro atoms. The van der Waals surface area contributed by atoms with Gasteiger partial charge in [0.2, 0.25) is 0 Å². The van der Waals surface area contributed by atoms with Crippen molar-refractivity contribution in [2.45, 2.75) is 401 Å². The van der Waals surface area contributed by atoms with Crippen LogP contribution in [0.15, 0.2) is 0 Å². The smallest absolute Gasteiger partial charge is 0.462 e. The van der Waals surface area contributed by atoms with E-state index in [0.717, 1.165) is 114 Å². The van der Waals surface area contributed by atoms with Gasteiger partial charge in [-0.05, 0) is 49.4 Å². The standard InChI is InChI=1S/C76H148O17P2/c1-9-68(7)54-46-38-30-21-17-13-11-12-14-18-22-34-42-50-58-75(80)92-72(63-87-74(79)57-49-41-33-27-25-31-39-47-55-69(8)10-2)65-91-95(84,85)89-61-70(77)60-88-94(82,83)90-64-71(62-86-73(78)56-48-40-32-26-24-29-37-45-53-67(5)6)93-76(81)59-51-43-35-23-19-15-16-20-28-36-44-52-66(3)4/h66-72,77H,9-65H2,1-8H3,(H,82,83)(H,84,85)/t68?,69?,70?,71-,72-/m1/s1. The average molecular weight is 1400 g/mol. The third-order valence-corrected chi connectivity index (χ3v) is 20.2. The lowest BCUT2D eigenvalue weighted by Gasteiger charge is -2.21. The van der Waals surface area contributed by atoms with Gasteiger partial charge in [-0.3, -0.25) is 37.3 Å². The van der Waals surface area contributed by atoms with E-state index < -0.39 is 97.5 Å². The molecular formula is C76H148O17P2. The maximum Gasteiger partial charge on any atom is 0.472 e. The van der Waals surface area contributed by atoms with Crippen LogP contribution in [0, 0.1) is 23.7 Å². The van der Waals surface area contributed by atoms with Crippen LogP contribution in [0.25, 0.3) is 0 Å². The maximum absolute atomic E-state index is 13.1. The van der Waals surface area contributed by atoms with Gasteiger partial charge in [0.15, 0.2) is 12.2 Å². The molecule has 0 aliphatic carbocycles. The van der Waals surface area contributed by atoms with Crippen LogP contribution in [0.4, 0.5) is 0 Å². The number of hydrogen-bond donors (Lipinski definition) is 3. The Labute approximate surface area is 581 Å². The van der Waals surface area contributed by atoms with Gasteiger partial charge in [-0.2, -0.15) is 0 Å². The number of phosphoric ester groups is 2. The van der Waals surface area contributed by atoms with Gasteiger partial charge in [-0.25, -0.2) is 9.13 Å². The molecule has 0 saturated carbocycles. The van der Waals surface area contributed by atoms with Crippen LogP contribution in [0.3, 0.4) is 0 Å². The molecule has 0 amide bonds. The minimum atomic E-state index is -4.96. The van der Waals surface area contributed by atoms with Crippen molar-refractivity contribution in [2.24, 2.45) is 23.7 Å². The van der Waals surface area contributed by atoms with E-state index in [0.29, 0.717) is 25.7 Å². The van der Waals surface area contributed by atoms with Gasteiger partial charge in [-0.15, -0.1) is 0 Å². The molecule has 564 valence electrons. The highest BCUT2D eigenvalue weighted by Crippen LogP contribution is 2.45. The number of rotatable bonds is 73. The number of esters is 4. The van der Waals surface area contributed by atoms with Crippen molar-refractivity contribution in [3.8, 4) is 0 Å². The van der Waals surface area contributed by atoms with Crippen molar-refractivity contribution >= 4 is 39.5 Å². The molecular weight excluding hydrogens is 1250 g/mol. The van der Waals surface area contributed by atoms with E-state index in [4.69, 9.17) is 37.0 Å². The molecule has 0 aromatic heterocycles. The molecule has 0 fully saturated rings. The molecule has 5 unspecified atom stereocenters. The Balaban J connectivity index is 5.26. The van der Waals surface area contributed by atoms with Crippen LogP contribution in [-0.4, -0.2) is 96.7 Å². The Morgan fingerprint density at radius 3 is 0.747 bits per heavy atom. The van der Waals surface area contributed by atoms with Gasteiger partial charge in [0.05, 0.1) is 26.4 Å². The minimum Gasteiger partial charge on any atom is -0.462 e. The molecule has 0 radical (unpaired) electrons. The van der Waals surface area contributed by atoms with Crippen LogP contribution in [0.5, 0.6) is 0 Å². The average Bonchev–Trinajstić information content (AvgIpc) is 1.79. The normalized spacial score (nSPS) is 14.7. The zero-order valence-electron chi connectivity index (χ0n) is 62.3. The van der Waals surface area contributed by atoms with Crippen LogP contribution >= 0.6 is 15.6 Å². The second-order valence-corrected chi connectivity index (χ2v) is 31.7. The second-order valence-electron chi connectivity index (χ2n) is 28.8. The highest BCUT2D eigenvalue weighted by atomic mass is 31.2. The molecule has 19 heteroatoms. The van der Waals surface area contributed by atoms with Crippen molar-refractivity contribution in [3.05, 3.63) is 0 Å². The van der Waals surface area contributed by atoms with E-state index >= 15 is 0 Å². The monoisotopic (exact) mass is 1400 g/mol. The third kappa shape index (κ3) is 67.6. The predicted octanol–water partition coefficient (Wildman–Crippen LogP) is 22.0. The number of carbonyl (C=O) groups is 4.